The molecule has 0 aliphatic rings. The maximum absolute atomic E-state index is 14.4. The van der Waals surface area contributed by atoms with Crippen LogP contribution in [0.2, 0.25) is 0 Å². The van der Waals surface area contributed by atoms with Crippen LogP contribution in [-0.2, 0) is 6.42 Å². The summed E-state index contributed by atoms with van der Waals surface area (Å²) in [6.07, 6.45) is 8.77. The van der Waals surface area contributed by atoms with Gasteiger partial charge in [-0.2, -0.15) is 0 Å². The van der Waals surface area contributed by atoms with Gasteiger partial charge in [-0.1, -0.05) is 30.4 Å². The summed E-state index contributed by atoms with van der Waals surface area (Å²) >= 11 is 0. The van der Waals surface area contributed by atoms with Gasteiger partial charge in [0.05, 0.1) is 6.61 Å². The largest absolute Gasteiger partial charge is 0.490 e. The third-order valence-electron chi connectivity index (χ3n) is 3.22. The fraction of sp³-hybridized carbons (Fsp3) is 0.278. The fourth-order valence-electron chi connectivity index (χ4n) is 2.12. The Bertz CT molecular complexity index is 757. The summed E-state index contributed by atoms with van der Waals surface area (Å²) < 4.78 is 24.9. The molecule has 22 heavy (non-hydrogen) atoms. The lowest BCUT2D eigenvalue weighted by Gasteiger charge is -2.08. The van der Waals surface area contributed by atoms with Crippen molar-refractivity contribution in [1.29, 1.82) is 0 Å². The summed E-state index contributed by atoms with van der Waals surface area (Å²) in [6, 6.07) is 4.91. The molecule has 0 unspecified atom stereocenters. The van der Waals surface area contributed by atoms with E-state index in [1.807, 2.05) is 38.2 Å². The van der Waals surface area contributed by atoms with Crippen LogP contribution >= 0.6 is 0 Å². The van der Waals surface area contributed by atoms with Gasteiger partial charge < -0.3 is 9.15 Å². The molecule has 0 saturated heterocycles. The predicted molar refractivity (Wildman–Crippen MR) is 85.9 cm³/mol. The molecular formula is C18H19FO3. The highest BCUT2D eigenvalue weighted by atomic mass is 19.1. The molecule has 1 aromatic heterocycles. The number of hydrogen-bond donors (Lipinski definition) is 0. The van der Waals surface area contributed by atoms with E-state index < -0.39 is 11.4 Å². The number of benzene rings is 1. The number of rotatable bonds is 6. The minimum atomic E-state index is -0.673. The molecule has 2 aromatic rings. The summed E-state index contributed by atoms with van der Waals surface area (Å²) in [5.74, 6) is -0.0772. The van der Waals surface area contributed by atoms with Crippen molar-refractivity contribution in [2.24, 2.45) is 0 Å². The molecule has 0 aliphatic heterocycles. The van der Waals surface area contributed by atoms with Crippen molar-refractivity contribution in [2.45, 2.75) is 26.7 Å². The molecule has 0 N–H and O–H groups in total. The molecule has 0 spiro atoms. The zero-order valence-electron chi connectivity index (χ0n) is 12.8. The first-order valence-corrected chi connectivity index (χ1v) is 7.27. The third-order valence-corrected chi connectivity index (χ3v) is 3.22. The highest BCUT2D eigenvalue weighted by Crippen LogP contribution is 2.25. The lowest BCUT2D eigenvalue weighted by Crippen LogP contribution is -2.06. The van der Waals surface area contributed by atoms with Crippen LogP contribution in [0.5, 0.6) is 5.75 Å². The van der Waals surface area contributed by atoms with E-state index in [4.69, 9.17) is 9.15 Å². The molecule has 0 fully saturated rings. The summed E-state index contributed by atoms with van der Waals surface area (Å²) in [5, 5.41) is 0.460. The Hall–Kier alpha value is -2.36. The van der Waals surface area contributed by atoms with Crippen LogP contribution in [0.4, 0.5) is 4.39 Å². The van der Waals surface area contributed by atoms with Crippen molar-refractivity contribution in [2.75, 3.05) is 6.61 Å². The van der Waals surface area contributed by atoms with Gasteiger partial charge in [-0.05, 0) is 37.8 Å². The van der Waals surface area contributed by atoms with Crippen LogP contribution in [-0.4, -0.2) is 6.61 Å². The van der Waals surface area contributed by atoms with E-state index in [0.717, 1.165) is 0 Å². The quantitative estimate of drug-likeness (QED) is 0.586. The van der Waals surface area contributed by atoms with Crippen LogP contribution in [0.15, 0.2) is 51.7 Å². The molecule has 116 valence electrons. The molecule has 1 heterocycles. The van der Waals surface area contributed by atoms with Crippen LogP contribution in [0.1, 0.15) is 26.0 Å². The fourth-order valence-corrected chi connectivity index (χ4v) is 2.12. The van der Waals surface area contributed by atoms with Crippen LogP contribution in [0.25, 0.3) is 10.8 Å². The maximum atomic E-state index is 14.4. The number of ether oxygens (including phenoxy) is 1. The van der Waals surface area contributed by atoms with Gasteiger partial charge in [0.1, 0.15) is 11.1 Å². The Kier molecular flexibility index (Phi) is 5.53. The van der Waals surface area contributed by atoms with Gasteiger partial charge in [-0.15, -0.1) is 0 Å². The monoisotopic (exact) mass is 302 g/mol. The summed E-state index contributed by atoms with van der Waals surface area (Å²) in [4.78, 5) is 12.0. The van der Waals surface area contributed by atoms with E-state index in [0.29, 0.717) is 30.6 Å². The Balaban J connectivity index is 2.35. The Morgan fingerprint density at radius 1 is 1.23 bits per heavy atom. The Labute approximate surface area is 128 Å². The van der Waals surface area contributed by atoms with E-state index >= 15 is 0 Å². The van der Waals surface area contributed by atoms with Crippen molar-refractivity contribution in [3.05, 3.63) is 64.5 Å². The minimum Gasteiger partial charge on any atom is -0.490 e. The standard InChI is InChI=1S/C18H19FO3/c1-3-5-7-11-21-15-10-9-13-12-14(8-6-4-2)22-18(20)16(13)17(15)19/h3-6,9-10,12H,7-8,11H2,1-2H3/b5-3+,6-4-. The molecule has 2 rings (SSSR count). The van der Waals surface area contributed by atoms with E-state index in [2.05, 4.69) is 0 Å². The minimum absolute atomic E-state index is 0.0623. The molecule has 0 radical (unpaired) electrons. The van der Waals surface area contributed by atoms with Gasteiger partial charge in [-0.25, -0.2) is 9.18 Å². The van der Waals surface area contributed by atoms with Crippen molar-refractivity contribution in [3.63, 3.8) is 0 Å². The second-order valence-electron chi connectivity index (χ2n) is 4.82. The third kappa shape index (κ3) is 3.64. The zero-order valence-corrected chi connectivity index (χ0v) is 12.8. The van der Waals surface area contributed by atoms with Gasteiger partial charge in [0.2, 0.25) is 0 Å². The van der Waals surface area contributed by atoms with Gasteiger partial charge >= 0.3 is 5.63 Å². The van der Waals surface area contributed by atoms with Crippen molar-refractivity contribution in [3.8, 4) is 5.75 Å². The second-order valence-corrected chi connectivity index (χ2v) is 4.82. The SMILES string of the molecule is C/C=C\Cc1cc2ccc(OCC/C=C/C)c(F)c2c(=O)o1. The maximum Gasteiger partial charge on any atom is 0.346 e. The first-order valence-electron chi connectivity index (χ1n) is 7.27. The van der Waals surface area contributed by atoms with Crippen LogP contribution in [0, 0.1) is 5.82 Å². The van der Waals surface area contributed by atoms with Crippen LogP contribution in [0.3, 0.4) is 0 Å². The molecule has 3 nitrogen and oxygen atoms in total. The van der Waals surface area contributed by atoms with E-state index in [1.54, 1.807) is 18.2 Å². The molecule has 0 bridgehead atoms. The van der Waals surface area contributed by atoms with E-state index in [9.17, 15) is 9.18 Å². The van der Waals surface area contributed by atoms with Gasteiger partial charge in [-0.3, -0.25) is 0 Å². The van der Waals surface area contributed by atoms with E-state index in [1.165, 1.54) is 0 Å². The molecule has 4 heteroatoms. The first-order chi connectivity index (χ1) is 10.7. The van der Waals surface area contributed by atoms with Crippen molar-refractivity contribution < 1.29 is 13.5 Å². The molecule has 0 amide bonds. The molecular weight excluding hydrogens is 283 g/mol. The summed E-state index contributed by atoms with van der Waals surface area (Å²) in [5.41, 5.74) is -0.673. The average molecular weight is 302 g/mol. The lowest BCUT2D eigenvalue weighted by molar-refractivity contribution is 0.309. The summed E-state index contributed by atoms with van der Waals surface area (Å²) in [7, 11) is 0. The Morgan fingerprint density at radius 2 is 2.00 bits per heavy atom. The number of allylic oxidation sites excluding steroid dienone is 3. The lowest BCUT2D eigenvalue weighted by atomic mass is 10.1. The second kappa shape index (κ2) is 7.59. The highest BCUT2D eigenvalue weighted by Gasteiger charge is 2.14. The highest BCUT2D eigenvalue weighted by molar-refractivity contribution is 5.83. The summed E-state index contributed by atoms with van der Waals surface area (Å²) in [6.45, 7) is 4.15. The number of fused-ring (bicyclic) bond motifs is 1. The van der Waals surface area contributed by atoms with Crippen molar-refractivity contribution in [1.82, 2.24) is 0 Å². The van der Waals surface area contributed by atoms with Gasteiger partial charge in [0, 0.05) is 6.42 Å². The molecule has 0 atom stereocenters. The number of hydrogen-bond acceptors (Lipinski definition) is 3. The van der Waals surface area contributed by atoms with Crippen molar-refractivity contribution >= 4 is 10.8 Å². The Morgan fingerprint density at radius 3 is 2.73 bits per heavy atom. The molecule has 0 saturated carbocycles. The smallest absolute Gasteiger partial charge is 0.346 e. The normalized spacial score (nSPS) is 11.8. The van der Waals surface area contributed by atoms with E-state index in [-0.39, 0.29) is 11.1 Å². The topological polar surface area (TPSA) is 39.4 Å². The zero-order chi connectivity index (χ0) is 15.9. The van der Waals surface area contributed by atoms with Gasteiger partial charge in [0.25, 0.3) is 0 Å². The van der Waals surface area contributed by atoms with Gasteiger partial charge in [0.15, 0.2) is 11.6 Å². The average Bonchev–Trinajstić information content (AvgIpc) is 2.51. The molecule has 0 aliphatic carbocycles. The van der Waals surface area contributed by atoms with Crippen LogP contribution < -0.4 is 10.4 Å². The number of halogens is 1. The first kappa shape index (κ1) is 16.0. The predicted octanol–water partition coefficient (Wildman–Crippen LogP) is 4.40. The molecule has 1 aromatic carbocycles.